The SMILES string of the molecule is CC(C)NCc1cccc(Cl)c1Oc1cccc(F)c1. The lowest BCUT2D eigenvalue weighted by Crippen LogP contribution is -2.22. The van der Waals surface area contributed by atoms with Crippen molar-refractivity contribution in [1.82, 2.24) is 5.32 Å². The molecule has 0 radical (unpaired) electrons. The summed E-state index contributed by atoms with van der Waals surface area (Å²) in [5.41, 5.74) is 0.940. The van der Waals surface area contributed by atoms with Crippen LogP contribution in [-0.2, 0) is 6.54 Å². The fourth-order valence-corrected chi connectivity index (χ4v) is 2.00. The predicted molar refractivity (Wildman–Crippen MR) is 79.9 cm³/mol. The van der Waals surface area contributed by atoms with Crippen LogP contribution in [0, 0.1) is 5.82 Å². The van der Waals surface area contributed by atoms with E-state index in [4.69, 9.17) is 16.3 Å². The van der Waals surface area contributed by atoms with E-state index in [1.54, 1.807) is 18.2 Å². The Kier molecular flexibility index (Phi) is 4.99. The highest BCUT2D eigenvalue weighted by Crippen LogP contribution is 2.33. The molecule has 106 valence electrons. The van der Waals surface area contributed by atoms with Crippen molar-refractivity contribution in [3.8, 4) is 11.5 Å². The van der Waals surface area contributed by atoms with Crippen LogP contribution >= 0.6 is 11.6 Å². The minimum Gasteiger partial charge on any atom is -0.455 e. The van der Waals surface area contributed by atoms with Gasteiger partial charge in [0.2, 0.25) is 0 Å². The highest BCUT2D eigenvalue weighted by molar-refractivity contribution is 6.32. The summed E-state index contributed by atoms with van der Waals surface area (Å²) in [6, 6.07) is 11.9. The van der Waals surface area contributed by atoms with Crippen LogP contribution in [-0.4, -0.2) is 6.04 Å². The quantitative estimate of drug-likeness (QED) is 0.857. The molecular formula is C16H17ClFNO. The summed E-state index contributed by atoms with van der Waals surface area (Å²) in [4.78, 5) is 0. The first-order chi connectivity index (χ1) is 9.56. The molecular weight excluding hydrogens is 277 g/mol. The van der Waals surface area contributed by atoms with E-state index in [0.717, 1.165) is 5.56 Å². The second-order valence-corrected chi connectivity index (χ2v) is 5.23. The Balaban J connectivity index is 2.25. The van der Waals surface area contributed by atoms with Crippen molar-refractivity contribution in [3.05, 3.63) is 58.9 Å². The predicted octanol–water partition coefficient (Wildman–Crippen LogP) is 4.77. The van der Waals surface area contributed by atoms with Gasteiger partial charge in [-0.15, -0.1) is 0 Å². The normalized spacial score (nSPS) is 10.8. The molecule has 0 aliphatic rings. The maximum Gasteiger partial charge on any atom is 0.150 e. The number of nitrogens with one attached hydrogen (secondary N) is 1. The van der Waals surface area contributed by atoms with E-state index in [-0.39, 0.29) is 5.82 Å². The highest BCUT2D eigenvalue weighted by atomic mass is 35.5. The van der Waals surface area contributed by atoms with Crippen LogP contribution in [0.25, 0.3) is 0 Å². The van der Waals surface area contributed by atoms with E-state index in [2.05, 4.69) is 19.2 Å². The molecule has 0 saturated carbocycles. The zero-order chi connectivity index (χ0) is 14.5. The van der Waals surface area contributed by atoms with E-state index in [1.807, 2.05) is 12.1 Å². The zero-order valence-corrected chi connectivity index (χ0v) is 12.2. The standard InChI is InChI=1S/C16H17ClFNO/c1-11(2)19-10-12-5-3-8-15(17)16(12)20-14-7-4-6-13(18)9-14/h3-9,11,19H,10H2,1-2H3. The maximum atomic E-state index is 13.2. The van der Waals surface area contributed by atoms with Crippen molar-refractivity contribution in [1.29, 1.82) is 0 Å². The molecule has 20 heavy (non-hydrogen) atoms. The van der Waals surface area contributed by atoms with Crippen molar-refractivity contribution >= 4 is 11.6 Å². The van der Waals surface area contributed by atoms with Gasteiger partial charge in [-0.3, -0.25) is 0 Å². The third kappa shape index (κ3) is 3.95. The van der Waals surface area contributed by atoms with Gasteiger partial charge in [0.05, 0.1) is 5.02 Å². The first kappa shape index (κ1) is 14.8. The molecule has 2 aromatic rings. The Morgan fingerprint density at radius 2 is 1.95 bits per heavy atom. The molecule has 2 aromatic carbocycles. The molecule has 0 aliphatic carbocycles. The monoisotopic (exact) mass is 293 g/mol. The fourth-order valence-electron chi connectivity index (χ4n) is 1.77. The van der Waals surface area contributed by atoms with Crippen molar-refractivity contribution < 1.29 is 9.13 Å². The average molecular weight is 294 g/mol. The van der Waals surface area contributed by atoms with Gasteiger partial charge in [-0.05, 0) is 18.2 Å². The molecule has 0 aromatic heterocycles. The molecule has 0 fully saturated rings. The van der Waals surface area contributed by atoms with Gasteiger partial charge in [-0.25, -0.2) is 4.39 Å². The molecule has 0 unspecified atom stereocenters. The van der Waals surface area contributed by atoms with Crippen LogP contribution in [0.1, 0.15) is 19.4 Å². The van der Waals surface area contributed by atoms with Crippen LogP contribution < -0.4 is 10.1 Å². The number of hydrogen-bond acceptors (Lipinski definition) is 2. The molecule has 0 saturated heterocycles. The summed E-state index contributed by atoms with van der Waals surface area (Å²) in [5.74, 6) is 0.660. The second kappa shape index (κ2) is 6.73. The van der Waals surface area contributed by atoms with Crippen LogP contribution in [0.5, 0.6) is 11.5 Å². The molecule has 0 amide bonds. The number of halogens is 2. The summed E-state index contributed by atoms with van der Waals surface area (Å²) < 4.78 is 18.9. The van der Waals surface area contributed by atoms with Gasteiger partial charge in [0, 0.05) is 24.2 Å². The zero-order valence-electron chi connectivity index (χ0n) is 11.5. The molecule has 2 nitrogen and oxygen atoms in total. The van der Waals surface area contributed by atoms with Crippen molar-refractivity contribution in [2.45, 2.75) is 26.4 Å². The summed E-state index contributed by atoms with van der Waals surface area (Å²) in [5, 5.41) is 3.83. The number of ether oxygens (including phenoxy) is 1. The Labute approximate surface area is 123 Å². The number of rotatable bonds is 5. The van der Waals surface area contributed by atoms with Gasteiger partial charge in [0.25, 0.3) is 0 Å². The molecule has 0 bridgehead atoms. The van der Waals surface area contributed by atoms with Gasteiger partial charge < -0.3 is 10.1 Å². The Morgan fingerprint density at radius 1 is 1.20 bits per heavy atom. The fraction of sp³-hybridized carbons (Fsp3) is 0.250. The lowest BCUT2D eigenvalue weighted by Gasteiger charge is -2.15. The van der Waals surface area contributed by atoms with Gasteiger partial charge in [0.1, 0.15) is 17.3 Å². The smallest absolute Gasteiger partial charge is 0.150 e. The molecule has 2 rings (SSSR count). The minimum absolute atomic E-state index is 0.337. The average Bonchev–Trinajstić information content (AvgIpc) is 2.39. The van der Waals surface area contributed by atoms with Crippen LogP contribution in [0.2, 0.25) is 5.02 Å². The topological polar surface area (TPSA) is 21.3 Å². The first-order valence-electron chi connectivity index (χ1n) is 6.50. The number of hydrogen-bond donors (Lipinski definition) is 1. The van der Waals surface area contributed by atoms with E-state index >= 15 is 0 Å². The first-order valence-corrected chi connectivity index (χ1v) is 6.88. The van der Waals surface area contributed by atoms with E-state index in [0.29, 0.717) is 29.1 Å². The molecule has 0 spiro atoms. The minimum atomic E-state index is -0.337. The lowest BCUT2D eigenvalue weighted by atomic mass is 10.2. The van der Waals surface area contributed by atoms with Crippen LogP contribution in [0.4, 0.5) is 4.39 Å². The third-order valence-corrected chi connectivity index (χ3v) is 3.06. The van der Waals surface area contributed by atoms with Gasteiger partial charge in [-0.1, -0.05) is 43.6 Å². The number of benzene rings is 2. The summed E-state index contributed by atoms with van der Waals surface area (Å²) in [7, 11) is 0. The molecule has 0 aliphatic heterocycles. The Morgan fingerprint density at radius 3 is 2.65 bits per heavy atom. The van der Waals surface area contributed by atoms with Crippen molar-refractivity contribution in [3.63, 3.8) is 0 Å². The highest BCUT2D eigenvalue weighted by Gasteiger charge is 2.10. The van der Waals surface area contributed by atoms with Crippen molar-refractivity contribution in [2.24, 2.45) is 0 Å². The van der Waals surface area contributed by atoms with Crippen LogP contribution in [0.3, 0.4) is 0 Å². The maximum absolute atomic E-state index is 13.2. The molecule has 4 heteroatoms. The third-order valence-electron chi connectivity index (χ3n) is 2.77. The van der Waals surface area contributed by atoms with Gasteiger partial charge >= 0.3 is 0 Å². The lowest BCUT2D eigenvalue weighted by molar-refractivity contribution is 0.465. The Hall–Kier alpha value is -1.58. The van der Waals surface area contributed by atoms with E-state index in [9.17, 15) is 4.39 Å². The van der Waals surface area contributed by atoms with Crippen LogP contribution in [0.15, 0.2) is 42.5 Å². The van der Waals surface area contributed by atoms with E-state index in [1.165, 1.54) is 12.1 Å². The summed E-state index contributed by atoms with van der Waals surface area (Å²) in [6.45, 7) is 4.78. The largest absolute Gasteiger partial charge is 0.455 e. The summed E-state index contributed by atoms with van der Waals surface area (Å²) >= 11 is 6.19. The van der Waals surface area contributed by atoms with Gasteiger partial charge in [0.15, 0.2) is 0 Å². The van der Waals surface area contributed by atoms with Gasteiger partial charge in [-0.2, -0.15) is 0 Å². The van der Waals surface area contributed by atoms with E-state index < -0.39 is 0 Å². The molecule has 0 heterocycles. The number of para-hydroxylation sites is 1. The molecule has 1 N–H and O–H groups in total. The second-order valence-electron chi connectivity index (χ2n) is 4.82. The summed E-state index contributed by atoms with van der Waals surface area (Å²) in [6.07, 6.45) is 0. The Bertz CT molecular complexity index is 586. The van der Waals surface area contributed by atoms with Crippen molar-refractivity contribution in [2.75, 3.05) is 0 Å². The molecule has 0 atom stereocenters.